The minimum Gasteiger partial charge on any atom is -0.298 e. The predicted octanol–water partition coefficient (Wildman–Crippen LogP) is 3.00. The van der Waals surface area contributed by atoms with E-state index in [-0.39, 0.29) is 11.8 Å². The molecule has 0 amide bonds. The van der Waals surface area contributed by atoms with Gasteiger partial charge in [0.05, 0.1) is 17.3 Å². The Morgan fingerprint density at radius 3 is 2.90 bits per heavy atom. The SMILES string of the molecule is CCn1nc(CN2CCCCC2C(C)=O)c2ccccc21. The van der Waals surface area contributed by atoms with E-state index < -0.39 is 0 Å². The molecule has 4 heteroatoms. The standard InChI is InChI=1S/C17H23N3O/c1-3-20-17-10-5-4-8-14(17)15(18-20)12-19-11-7-6-9-16(19)13(2)21/h4-5,8,10,16H,3,6-7,9,11-12H2,1-2H3. The van der Waals surface area contributed by atoms with E-state index in [0.29, 0.717) is 0 Å². The van der Waals surface area contributed by atoms with Crippen molar-refractivity contribution in [1.82, 2.24) is 14.7 Å². The van der Waals surface area contributed by atoms with Crippen LogP contribution in [-0.4, -0.2) is 33.1 Å². The van der Waals surface area contributed by atoms with Gasteiger partial charge in [-0.3, -0.25) is 14.4 Å². The average molecular weight is 285 g/mol. The molecule has 0 N–H and O–H groups in total. The van der Waals surface area contributed by atoms with Crippen molar-refractivity contribution in [2.45, 2.75) is 52.2 Å². The third-order valence-corrected chi connectivity index (χ3v) is 4.47. The van der Waals surface area contributed by atoms with Crippen LogP contribution < -0.4 is 0 Å². The molecular weight excluding hydrogens is 262 g/mol. The van der Waals surface area contributed by atoms with Gasteiger partial charge in [-0.2, -0.15) is 5.10 Å². The number of rotatable bonds is 4. The Hall–Kier alpha value is -1.68. The zero-order chi connectivity index (χ0) is 14.8. The number of aryl methyl sites for hydroxylation is 1. The summed E-state index contributed by atoms with van der Waals surface area (Å²) < 4.78 is 2.05. The van der Waals surface area contributed by atoms with E-state index in [0.717, 1.165) is 38.2 Å². The first-order chi connectivity index (χ1) is 10.2. The van der Waals surface area contributed by atoms with Gasteiger partial charge in [0.15, 0.2) is 0 Å². The molecule has 1 aromatic heterocycles. The van der Waals surface area contributed by atoms with Crippen LogP contribution in [-0.2, 0) is 17.9 Å². The number of piperidine rings is 1. The third kappa shape index (κ3) is 2.72. The molecule has 1 aliphatic heterocycles. The molecule has 1 aromatic carbocycles. The highest BCUT2D eigenvalue weighted by Gasteiger charge is 2.27. The number of hydrogen-bond donors (Lipinski definition) is 0. The Morgan fingerprint density at radius 2 is 2.14 bits per heavy atom. The molecule has 0 bridgehead atoms. The number of benzene rings is 1. The summed E-state index contributed by atoms with van der Waals surface area (Å²) in [7, 11) is 0. The molecule has 0 radical (unpaired) electrons. The zero-order valence-electron chi connectivity index (χ0n) is 12.9. The molecule has 1 aliphatic rings. The van der Waals surface area contributed by atoms with E-state index in [1.807, 2.05) is 0 Å². The number of ketones is 1. The molecular formula is C17H23N3O. The summed E-state index contributed by atoms with van der Waals surface area (Å²) in [6.07, 6.45) is 3.32. The summed E-state index contributed by atoms with van der Waals surface area (Å²) in [4.78, 5) is 14.2. The number of likely N-dealkylation sites (tertiary alicyclic amines) is 1. The van der Waals surface area contributed by atoms with Crippen LogP contribution in [0.4, 0.5) is 0 Å². The van der Waals surface area contributed by atoms with E-state index in [4.69, 9.17) is 5.10 Å². The van der Waals surface area contributed by atoms with Gasteiger partial charge in [-0.05, 0) is 39.3 Å². The van der Waals surface area contributed by atoms with Crippen LogP contribution in [0.15, 0.2) is 24.3 Å². The van der Waals surface area contributed by atoms with Crippen molar-refractivity contribution in [3.63, 3.8) is 0 Å². The minimum absolute atomic E-state index is 0.0734. The van der Waals surface area contributed by atoms with Crippen molar-refractivity contribution in [2.24, 2.45) is 0 Å². The van der Waals surface area contributed by atoms with Gasteiger partial charge < -0.3 is 0 Å². The van der Waals surface area contributed by atoms with Gasteiger partial charge in [0, 0.05) is 18.5 Å². The minimum atomic E-state index is 0.0734. The van der Waals surface area contributed by atoms with Crippen molar-refractivity contribution >= 4 is 16.7 Å². The highest BCUT2D eigenvalue weighted by molar-refractivity contribution is 5.83. The lowest BCUT2D eigenvalue weighted by molar-refractivity contribution is -0.123. The molecule has 1 saturated heterocycles. The molecule has 0 saturated carbocycles. The average Bonchev–Trinajstić information content (AvgIpc) is 2.86. The maximum atomic E-state index is 11.9. The van der Waals surface area contributed by atoms with Crippen LogP contribution in [0.25, 0.3) is 10.9 Å². The van der Waals surface area contributed by atoms with Crippen molar-refractivity contribution in [3.05, 3.63) is 30.0 Å². The summed E-state index contributed by atoms with van der Waals surface area (Å²) in [6, 6.07) is 8.44. The van der Waals surface area contributed by atoms with E-state index in [9.17, 15) is 4.79 Å². The summed E-state index contributed by atoms with van der Waals surface area (Å²) in [5.41, 5.74) is 2.28. The number of aromatic nitrogens is 2. The number of hydrogen-bond acceptors (Lipinski definition) is 3. The summed E-state index contributed by atoms with van der Waals surface area (Å²) in [6.45, 7) is 6.47. The van der Waals surface area contributed by atoms with Crippen molar-refractivity contribution in [2.75, 3.05) is 6.54 Å². The molecule has 4 nitrogen and oxygen atoms in total. The molecule has 21 heavy (non-hydrogen) atoms. The van der Waals surface area contributed by atoms with Crippen LogP contribution in [0.2, 0.25) is 0 Å². The highest BCUT2D eigenvalue weighted by Crippen LogP contribution is 2.24. The van der Waals surface area contributed by atoms with Crippen molar-refractivity contribution in [1.29, 1.82) is 0 Å². The maximum absolute atomic E-state index is 11.9. The largest absolute Gasteiger partial charge is 0.298 e. The first-order valence-electron chi connectivity index (χ1n) is 7.89. The fourth-order valence-corrected chi connectivity index (χ4v) is 3.39. The fourth-order valence-electron chi connectivity index (χ4n) is 3.39. The van der Waals surface area contributed by atoms with E-state index >= 15 is 0 Å². The number of carbonyl (C=O) groups excluding carboxylic acids is 1. The number of para-hydroxylation sites is 1. The van der Waals surface area contributed by atoms with Gasteiger partial charge in [-0.25, -0.2) is 0 Å². The van der Waals surface area contributed by atoms with Crippen LogP contribution in [0.3, 0.4) is 0 Å². The smallest absolute Gasteiger partial charge is 0.146 e. The van der Waals surface area contributed by atoms with Gasteiger partial charge >= 0.3 is 0 Å². The van der Waals surface area contributed by atoms with Gasteiger partial charge in [0.1, 0.15) is 5.78 Å². The van der Waals surface area contributed by atoms with Gasteiger partial charge in [-0.1, -0.05) is 24.6 Å². The summed E-state index contributed by atoms with van der Waals surface area (Å²) in [5, 5.41) is 5.97. The Balaban J connectivity index is 1.92. The summed E-state index contributed by atoms with van der Waals surface area (Å²) in [5.74, 6) is 0.286. The highest BCUT2D eigenvalue weighted by atomic mass is 16.1. The Labute approximate surface area is 125 Å². The summed E-state index contributed by atoms with van der Waals surface area (Å²) >= 11 is 0. The number of nitrogens with zero attached hydrogens (tertiary/aromatic N) is 3. The molecule has 0 aliphatic carbocycles. The van der Waals surface area contributed by atoms with E-state index in [1.54, 1.807) is 6.92 Å². The maximum Gasteiger partial charge on any atom is 0.146 e. The number of Topliss-reactive ketones (excluding diaryl/α,β-unsaturated/α-hetero) is 1. The predicted molar refractivity (Wildman–Crippen MR) is 84.1 cm³/mol. The monoisotopic (exact) mass is 285 g/mol. The van der Waals surface area contributed by atoms with E-state index in [2.05, 4.69) is 40.8 Å². The fraction of sp³-hybridized carbons (Fsp3) is 0.529. The number of fused-ring (bicyclic) bond motifs is 1. The Kier molecular flexibility index (Phi) is 4.06. The molecule has 1 unspecified atom stereocenters. The second-order valence-corrected chi connectivity index (χ2v) is 5.87. The van der Waals surface area contributed by atoms with E-state index in [1.165, 1.54) is 17.3 Å². The topological polar surface area (TPSA) is 38.1 Å². The Bertz CT molecular complexity index is 647. The van der Waals surface area contributed by atoms with Gasteiger partial charge in [0.2, 0.25) is 0 Å². The van der Waals surface area contributed by atoms with Crippen molar-refractivity contribution in [3.8, 4) is 0 Å². The first kappa shape index (κ1) is 14.3. The Morgan fingerprint density at radius 1 is 1.33 bits per heavy atom. The van der Waals surface area contributed by atoms with Gasteiger partial charge in [0.25, 0.3) is 0 Å². The van der Waals surface area contributed by atoms with Gasteiger partial charge in [-0.15, -0.1) is 0 Å². The van der Waals surface area contributed by atoms with Crippen LogP contribution in [0, 0.1) is 0 Å². The zero-order valence-corrected chi connectivity index (χ0v) is 12.9. The van der Waals surface area contributed by atoms with Crippen molar-refractivity contribution < 1.29 is 4.79 Å². The molecule has 112 valence electrons. The molecule has 2 aromatic rings. The third-order valence-electron chi connectivity index (χ3n) is 4.47. The van der Waals surface area contributed by atoms with Crippen LogP contribution in [0.5, 0.6) is 0 Å². The lowest BCUT2D eigenvalue weighted by Crippen LogP contribution is -2.43. The molecule has 0 spiro atoms. The second-order valence-electron chi connectivity index (χ2n) is 5.87. The first-order valence-corrected chi connectivity index (χ1v) is 7.89. The normalized spacial score (nSPS) is 20.0. The number of carbonyl (C=O) groups is 1. The molecule has 1 fully saturated rings. The molecule has 2 heterocycles. The lowest BCUT2D eigenvalue weighted by atomic mass is 9.99. The lowest BCUT2D eigenvalue weighted by Gasteiger charge is -2.33. The van der Waals surface area contributed by atoms with Crippen LogP contribution >= 0.6 is 0 Å². The quantitative estimate of drug-likeness (QED) is 0.866. The molecule has 3 rings (SSSR count). The van der Waals surface area contributed by atoms with Crippen LogP contribution in [0.1, 0.15) is 38.8 Å². The molecule has 1 atom stereocenters. The second kappa shape index (κ2) is 5.98.